The number of benzene rings is 4. The Bertz CT molecular complexity index is 1290. The topological polar surface area (TPSA) is 12.9 Å². The summed E-state index contributed by atoms with van der Waals surface area (Å²) in [6.45, 7) is 2.20. The van der Waals surface area contributed by atoms with E-state index in [2.05, 4.69) is 97.9 Å². The number of fused-ring (bicyclic) bond motifs is 3. The molecule has 0 unspecified atom stereocenters. The minimum absolute atomic E-state index is 0.233. The summed E-state index contributed by atoms with van der Waals surface area (Å²) in [5, 5.41) is 5.02. The van der Waals surface area contributed by atoms with E-state index in [1.807, 2.05) is 6.20 Å². The van der Waals surface area contributed by atoms with Crippen LogP contribution in [0.1, 0.15) is 5.56 Å². The number of hydrogen-bond acceptors (Lipinski definition) is 1. The van der Waals surface area contributed by atoms with E-state index in [4.69, 9.17) is 4.98 Å². The van der Waals surface area contributed by atoms with Crippen LogP contribution in [0, 0.1) is 6.92 Å². The van der Waals surface area contributed by atoms with Gasteiger partial charge in [0.25, 0.3) is 0 Å². The molecule has 0 saturated heterocycles. The van der Waals surface area contributed by atoms with E-state index >= 15 is 0 Å². The Morgan fingerprint density at radius 2 is 1.46 bits per heavy atom. The van der Waals surface area contributed by atoms with Crippen molar-refractivity contribution in [3.63, 3.8) is 0 Å². The van der Waals surface area contributed by atoms with Crippen LogP contribution >= 0.6 is 0 Å². The van der Waals surface area contributed by atoms with Crippen LogP contribution in [-0.2, 0) is 0 Å². The summed E-state index contributed by atoms with van der Waals surface area (Å²) in [5.74, 6) is 0. The van der Waals surface area contributed by atoms with E-state index in [1.165, 1.54) is 41.6 Å². The van der Waals surface area contributed by atoms with Gasteiger partial charge in [0.05, 0.1) is 0 Å². The van der Waals surface area contributed by atoms with Gasteiger partial charge in [0.1, 0.15) is 0 Å². The van der Waals surface area contributed by atoms with E-state index in [1.54, 1.807) is 0 Å². The molecule has 1 nitrogen and oxygen atoms in total. The van der Waals surface area contributed by atoms with Gasteiger partial charge in [0.15, 0.2) is 0 Å². The van der Waals surface area contributed by atoms with Gasteiger partial charge < -0.3 is 0 Å². The summed E-state index contributed by atoms with van der Waals surface area (Å²) in [6, 6.07) is 32.5. The molecule has 134 valence electrons. The van der Waals surface area contributed by atoms with Gasteiger partial charge in [-0.3, -0.25) is 0 Å². The molecule has 1 heterocycles. The SMILES string of the molecule is Cc1cccc([Se]c2ccccc2)c1-c1nccc2ccc3ccccc3c12. The second kappa shape index (κ2) is 7.24. The molecule has 2 heteroatoms. The molecular weight excluding hydrogens is 405 g/mol. The molecule has 0 bridgehead atoms. The summed E-state index contributed by atoms with van der Waals surface area (Å²) >= 11 is 0.233. The van der Waals surface area contributed by atoms with Crippen molar-refractivity contribution in [2.45, 2.75) is 6.92 Å². The third kappa shape index (κ3) is 3.01. The van der Waals surface area contributed by atoms with Gasteiger partial charge in [-0.15, -0.1) is 0 Å². The molecular formula is C26H19NSe. The summed E-state index contributed by atoms with van der Waals surface area (Å²) in [5.41, 5.74) is 3.66. The number of rotatable bonds is 3. The third-order valence-corrected chi connectivity index (χ3v) is 7.34. The first kappa shape index (κ1) is 17.2. The van der Waals surface area contributed by atoms with Crippen molar-refractivity contribution in [2.24, 2.45) is 0 Å². The molecule has 5 rings (SSSR count). The third-order valence-electron chi connectivity index (χ3n) is 5.10. The molecule has 0 aliphatic carbocycles. The molecule has 0 atom stereocenters. The first-order valence-electron chi connectivity index (χ1n) is 9.40. The Labute approximate surface area is 171 Å². The van der Waals surface area contributed by atoms with Crippen LogP contribution in [0.25, 0.3) is 32.8 Å². The molecule has 5 aromatic rings. The Balaban J connectivity index is 1.80. The number of aromatic nitrogens is 1. The predicted molar refractivity (Wildman–Crippen MR) is 121 cm³/mol. The van der Waals surface area contributed by atoms with Crippen molar-refractivity contribution in [2.75, 3.05) is 0 Å². The van der Waals surface area contributed by atoms with Gasteiger partial charge in [-0.05, 0) is 0 Å². The molecule has 0 spiro atoms. The van der Waals surface area contributed by atoms with Crippen LogP contribution in [-0.4, -0.2) is 19.9 Å². The number of pyridine rings is 1. The van der Waals surface area contributed by atoms with Gasteiger partial charge >= 0.3 is 171 Å². The number of aryl methyl sites for hydroxylation is 1. The van der Waals surface area contributed by atoms with Crippen molar-refractivity contribution < 1.29 is 0 Å². The van der Waals surface area contributed by atoms with Crippen LogP contribution in [0.5, 0.6) is 0 Å². The quantitative estimate of drug-likeness (QED) is 0.293. The van der Waals surface area contributed by atoms with Gasteiger partial charge in [-0.1, -0.05) is 0 Å². The van der Waals surface area contributed by atoms with Crippen LogP contribution < -0.4 is 8.92 Å². The van der Waals surface area contributed by atoms with Crippen LogP contribution in [0.3, 0.4) is 0 Å². The average Bonchev–Trinajstić information content (AvgIpc) is 2.74. The van der Waals surface area contributed by atoms with Gasteiger partial charge in [-0.25, -0.2) is 0 Å². The molecule has 0 amide bonds. The molecule has 0 aliphatic heterocycles. The normalized spacial score (nSPS) is 11.2. The first-order valence-corrected chi connectivity index (χ1v) is 11.1. The maximum atomic E-state index is 4.90. The van der Waals surface area contributed by atoms with Crippen molar-refractivity contribution in [3.05, 3.63) is 103 Å². The predicted octanol–water partition coefficient (Wildman–Crippen LogP) is 5.02. The van der Waals surface area contributed by atoms with Crippen LogP contribution in [0.2, 0.25) is 0 Å². The zero-order valence-corrected chi connectivity index (χ0v) is 17.3. The standard InChI is InChI=1S/C26H19NSe/c1-18-8-7-13-23(28-21-10-3-2-4-11-21)24(18)26-25-20(16-17-27-26)15-14-19-9-5-6-12-22(19)25/h2-17H,1H3. The molecule has 0 N–H and O–H groups in total. The molecule has 0 fully saturated rings. The molecule has 0 saturated carbocycles. The van der Waals surface area contributed by atoms with E-state index in [0.717, 1.165) is 5.69 Å². The Kier molecular flexibility index (Phi) is 4.44. The monoisotopic (exact) mass is 425 g/mol. The summed E-state index contributed by atoms with van der Waals surface area (Å²) in [4.78, 5) is 4.90. The first-order chi connectivity index (χ1) is 13.8. The average molecular weight is 424 g/mol. The fourth-order valence-corrected chi connectivity index (χ4v) is 5.99. The van der Waals surface area contributed by atoms with Gasteiger partial charge in [0.2, 0.25) is 0 Å². The fraction of sp³-hybridized carbons (Fsp3) is 0.0385. The Morgan fingerprint density at radius 3 is 2.36 bits per heavy atom. The second-order valence-electron chi connectivity index (χ2n) is 6.91. The molecule has 4 aromatic carbocycles. The minimum atomic E-state index is 0.233. The van der Waals surface area contributed by atoms with Crippen LogP contribution in [0.4, 0.5) is 0 Å². The fourth-order valence-electron chi connectivity index (χ4n) is 3.78. The van der Waals surface area contributed by atoms with Crippen molar-refractivity contribution in [1.29, 1.82) is 0 Å². The second-order valence-corrected chi connectivity index (χ2v) is 9.25. The maximum absolute atomic E-state index is 4.90. The number of hydrogen-bond donors (Lipinski definition) is 0. The Morgan fingerprint density at radius 1 is 0.679 bits per heavy atom. The van der Waals surface area contributed by atoms with Crippen molar-refractivity contribution in [1.82, 2.24) is 4.98 Å². The summed E-state index contributed by atoms with van der Waals surface area (Å²) < 4.78 is 2.76. The summed E-state index contributed by atoms with van der Waals surface area (Å²) in [7, 11) is 0. The van der Waals surface area contributed by atoms with Crippen molar-refractivity contribution >= 4 is 45.4 Å². The number of nitrogens with zero attached hydrogens (tertiary/aromatic N) is 1. The van der Waals surface area contributed by atoms with Gasteiger partial charge in [-0.2, -0.15) is 0 Å². The van der Waals surface area contributed by atoms with Crippen LogP contribution in [0.15, 0.2) is 97.2 Å². The Hall–Kier alpha value is -2.93. The van der Waals surface area contributed by atoms with Gasteiger partial charge in [0, 0.05) is 0 Å². The zero-order valence-electron chi connectivity index (χ0n) is 15.6. The molecule has 28 heavy (non-hydrogen) atoms. The van der Waals surface area contributed by atoms with Crippen molar-refractivity contribution in [3.8, 4) is 11.3 Å². The molecule has 0 radical (unpaired) electrons. The zero-order chi connectivity index (χ0) is 18.9. The van der Waals surface area contributed by atoms with E-state index < -0.39 is 0 Å². The molecule has 1 aromatic heterocycles. The van der Waals surface area contributed by atoms with E-state index in [0.29, 0.717) is 0 Å². The van der Waals surface area contributed by atoms with E-state index in [-0.39, 0.29) is 15.0 Å². The molecule has 0 aliphatic rings. The summed E-state index contributed by atoms with van der Waals surface area (Å²) in [6.07, 6.45) is 1.94. The van der Waals surface area contributed by atoms with E-state index in [9.17, 15) is 0 Å².